The van der Waals surface area contributed by atoms with E-state index in [4.69, 9.17) is 0 Å². The van der Waals surface area contributed by atoms with Crippen molar-refractivity contribution in [1.82, 2.24) is 25.0 Å². The topological polar surface area (TPSA) is 68.0 Å². The average molecular weight is 204 g/mol. The molecule has 0 saturated carbocycles. The molecule has 0 aliphatic heterocycles. The SMILES string of the molecule is C/C=C/CCNc1cncc2nnnn12. The monoisotopic (exact) mass is 204 g/mol. The van der Waals surface area contributed by atoms with Crippen molar-refractivity contribution in [3.63, 3.8) is 0 Å². The molecule has 1 N–H and O–H groups in total. The summed E-state index contributed by atoms with van der Waals surface area (Å²) in [5.74, 6) is 0.807. The zero-order chi connectivity index (χ0) is 10.5. The summed E-state index contributed by atoms with van der Waals surface area (Å²) in [5.41, 5.74) is 0.644. The summed E-state index contributed by atoms with van der Waals surface area (Å²) in [6, 6.07) is 0. The normalized spacial score (nSPS) is 11.3. The number of anilines is 1. The Labute approximate surface area is 87.0 Å². The second kappa shape index (κ2) is 4.50. The average Bonchev–Trinajstić information content (AvgIpc) is 2.73. The fourth-order valence-corrected chi connectivity index (χ4v) is 1.25. The minimum atomic E-state index is 0.644. The van der Waals surface area contributed by atoms with Crippen LogP contribution in [0.3, 0.4) is 0 Å². The minimum Gasteiger partial charge on any atom is -0.368 e. The largest absolute Gasteiger partial charge is 0.368 e. The van der Waals surface area contributed by atoms with Crippen molar-refractivity contribution in [2.24, 2.45) is 0 Å². The van der Waals surface area contributed by atoms with Gasteiger partial charge in [-0.3, -0.25) is 4.98 Å². The van der Waals surface area contributed by atoms with Gasteiger partial charge in [0.1, 0.15) is 5.82 Å². The van der Waals surface area contributed by atoms with Gasteiger partial charge < -0.3 is 5.32 Å². The molecule has 6 heteroatoms. The maximum atomic E-state index is 4.04. The second-order valence-electron chi connectivity index (χ2n) is 3.03. The molecule has 78 valence electrons. The molecule has 15 heavy (non-hydrogen) atoms. The van der Waals surface area contributed by atoms with Crippen LogP contribution >= 0.6 is 0 Å². The fourth-order valence-electron chi connectivity index (χ4n) is 1.25. The summed E-state index contributed by atoms with van der Waals surface area (Å²) < 4.78 is 1.63. The smallest absolute Gasteiger partial charge is 0.199 e. The Hall–Kier alpha value is -1.98. The van der Waals surface area contributed by atoms with Gasteiger partial charge in [0.05, 0.1) is 12.4 Å². The highest BCUT2D eigenvalue weighted by Gasteiger charge is 2.01. The molecule has 6 nitrogen and oxygen atoms in total. The predicted octanol–water partition coefficient (Wildman–Crippen LogP) is 0.897. The maximum Gasteiger partial charge on any atom is 0.199 e. The lowest BCUT2D eigenvalue weighted by molar-refractivity contribution is 0.819. The molecule has 0 bridgehead atoms. The van der Waals surface area contributed by atoms with Crippen LogP contribution in [0.5, 0.6) is 0 Å². The van der Waals surface area contributed by atoms with Crippen LogP contribution in [0.15, 0.2) is 24.5 Å². The summed E-state index contributed by atoms with van der Waals surface area (Å²) in [4.78, 5) is 4.04. The van der Waals surface area contributed by atoms with Crippen molar-refractivity contribution in [3.05, 3.63) is 24.5 Å². The number of allylic oxidation sites excluding steroid dienone is 1. The van der Waals surface area contributed by atoms with Crippen LogP contribution in [0.1, 0.15) is 13.3 Å². The molecule has 0 aromatic carbocycles. The molecular weight excluding hydrogens is 192 g/mol. The molecule has 0 spiro atoms. The summed E-state index contributed by atoms with van der Waals surface area (Å²) in [6.07, 6.45) is 8.42. The molecule has 0 atom stereocenters. The van der Waals surface area contributed by atoms with Crippen LogP contribution in [0.25, 0.3) is 5.65 Å². The van der Waals surface area contributed by atoms with Crippen molar-refractivity contribution in [2.45, 2.75) is 13.3 Å². The first-order chi connectivity index (χ1) is 7.42. The zero-order valence-electron chi connectivity index (χ0n) is 8.46. The molecule has 2 aromatic rings. The van der Waals surface area contributed by atoms with E-state index in [1.54, 1.807) is 16.9 Å². The van der Waals surface area contributed by atoms with E-state index in [-0.39, 0.29) is 0 Å². The lowest BCUT2D eigenvalue weighted by atomic mass is 10.4. The first kappa shape index (κ1) is 9.57. The number of fused-ring (bicyclic) bond motifs is 1. The minimum absolute atomic E-state index is 0.644. The molecule has 2 heterocycles. The summed E-state index contributed by atoms with van der Waals surface area (Å²) >= 11 is 0. The Balaban J connectivity index is 2.10. The van der Waals surface area contributed by atoms with Gasteiger partial charge in [-0.2, -0.15) is 4.52 Å². The van der Waals surface area contributed by atoms with E-state index in [0.29, 0.717) is 5.65 Å². The third-order valence-electron chi connectivity index (χ3n) is 1.96. The van der Waals surface area contributed by atoms with Gasteiger partial charge in [-0.1, -0.05) is 12.2 Å². The van der Waals surface area contributed by atoms with Gasteiger partial charge in [-0.05, 0) is 23.8 Å². The van der Waals surface area contributed by atoms with Crippen LogP contribution in [-0.4, -0.2) is 31.6 Å². The number of hydrogen-bond acceptors (Lipinski definition) is 5. The molecule has 0 aliphatic carbocycles. The summed E-state index contributed by atoms with van der Waals surface area (Å²) in [7, 11) is 0. The molecule has 0 fully saturated rings. The van der Waals surface area contributed by atoms with Gasteiger partial charge in [0.15, 0.2) is 5.65 Å². The quantitative estimate of drug-likeness (QED) is 0.592. The third-order valence-corrected chi connectivity index (χ3v) is 1.96. The van der Waals surface area contributed by atoms with Crippen molar-refractivity contribution < 1.29 is 0 Å². The zero-order valence-corrected chi connectivity index (χ0v) is 8.46. The third kappa shape index (κ3) is 2.09. The molecule has 0 unspecified atom stereocenters. The highest BCUT2D eigenvalue weighted by molar-refractivity contribution is 5.43. The molecule has 0 radical (unpaired) electrons. The van der Waals surface area contributed by atoms with Gasteiger partial charge in [0.2, 0.25) is 0 Å². The van der Waals surface area contributed by atoms with E-state index in [1.165, 1.54) is 0 Å². The van der Waals surface area contributed by atoms with Crippen LogP contribution in [-0.2, 0) is 0 Å². The van der Waals surface area contributed by atoms with Gasteiger partial charge in [0.25, 0.3) is 0 Å². The van der Waals surface area contributed by atoms with Crippen molar-refractivity contribution in [1.29, 1.82) is 0 Å². The van der Waals surface area contributed by atoms with E-state index in [9.17, 15) is 0 Å². The molecule has 2 rings (SSSR count). The summed E-state index contributed by atoms with van der Waals surface area (Å²) in [6.45, 7) is 2.84. The number of tetrazole rings is 1. The number of rotatable bonds is 4. The first-order valence-corrected chi connectivity index (χ1v) is 4.79. The maximum absolute atomic E-state index is 4.04. The van der Waals surface area contributed by atoms with Crippen LogP contribution in [0.2, 0.25) is 0 Å². The standard InChI is InChI=1S/C9H12N6/c1-2-3-4-5-11-8-6-10-7-9-12-13-14-15(8)9/h2-3,6-7,11H,4-5H2,1H3/b3-2+. The highest BCUT2D eigenvalue weighted by Crippen LogP contribution is 2.05. The number of aromatic nitrogens is 5. The molecule has 0 amide bonds. The molecule has 2 aromatic heterocycles. The van der Waals surface area contributed by atoms with E-state index >= 15 is 0 Å². The number of hydrogen-bond donors (Lipinski definition) is 1. The molecule has 0 aliphatic rings. The van der Waals surface area contributed by atoms with Gasteiger partial charge >= 0.3 is 0 Å². The lowest BCUT2D eigenvalue weighted by Gasteiger charge is -2.04. The van der Waals surface area contributed by atoms with Crippen LogP contribution in [0, 0.1) is 0 Å². The number of nitrogens with zero attached hydrogens (tertiary/aromatic N) is 5. The Bertz CT molecular complexity index is 460. The van der Waals surface area contributed by atoms with Crippen LogP contribution < -0.4 is 5.32 Å². The van der Waals surface area contributed by atoms with Crippen LogP contribution in [0.4, 0.5) is 5.82 Å². The summed E-state index contributed by atoms with van der Waals surface area (Å²) in [5, 5.41) is 14.5. The van der Waals surface area contributed by atoms with E-state index < -0.39 is 0 Å². The highest BCUT2D eigenvalue weighted by atomic mass is 15.5. The van der Waals surface area contributed by atoms with E-state index in [0.717, 1.165) is 18.8 Å². The van der Waals surface area contributed by atoms with Crippen molar-refractivity contribution >= 4 is 11.5 Å². The predicted molar refractivity (Wildman–Crippen MR) is 56.5 cm³/mol. The Morgan fingerprint density at radius 2 is 2.40 bits per heavy atom. The van der Waals surface area contributed by atoms with Crippen molar-refractivity contribution in [2.75, 3.05) is 11.9 Å². The van der Waals surface area contributed by atoms with Gasteiger partial charge in [-0.25, -0.2) is 0 Å². The Morgan fingerprint density at radius 3 is 3.27 bits per heavy atom. The Morgan fingerprint density at radius 1 is 1.47 bits per heavy atom. The first-order valence-electron chi connectivity index (χ1n) is 4.79. The molecule has 0 saturated heterocycles. The second-order valence-corrected chi connectivity index (χ2v) is 3.03. The Kier molecular flexibility index (Phi) is 2.87. The van der Waals surface area contributed by atoms with Crippen molar-refractivity contribution in [3.8, 4) is 0 Å². The van der Waals surface area contributed by atoms with E-state index in [2.05, 4.69) is 31.9 Å². The van der Waals surface area contributed by atoms with Gasteiger partial charge in [0, 0.05) is 6.54 Å². The van der Waals surface area contributed by atoms with E-state index in [1.807, 2.05) is 13.0 Å². The number of nitrogens with one attached hydrogen (secondary N) is 1. The van der Waals surface area contributed by atoms with Gasteiger partial charge in [-0.15, -0.1) is 5.10 Å². The fraction of sp³-hybridized carbons (Fsp3) is 0.333. The molecular formula is C9H12N6. The lowest BCUT2D eigenvalue weighted by Crippen LogP contribution is -2.06.